The van der Waals surface area contributed by atoms with E-state index in [1.54, 1.807) is 23.9 Å². The van der Waals surface area contributed by atoms with E-state index in [4.69, 9.17) is 4.42 Å². The smallest absolute Gasteiger partial charge is 0.339 e. The molecule has 3 aromatic rings. The van der Waals surface area contributed by atoms with Crippen LogP contribution >= 0.6 is 11.8 Å². The van der Waals surface area contributed by atoms with Crippen molar-refractivity contribution < 1.29 is 14.3 Å². The molecular formula is C16H12O3S. The van der Waals surface area contributed by atoms with E-state index in [1.165, 1.54) is 0 Å². The predicted octanol–water partition coefficient (Wildman–Crippen LogP) is 4.42. The topological polar surface area (TPSA) is 50.4 Å². The Hall–Kier alpha value is -2.20. The van der Waals surface area contributed by atoms with Crippen molar-refractivity contribution in [3.8, 4) is 0 Å². The normalized spacial score (nSPS) is 10.8. The van der Waals surface area contributed by atoms with Gasteiger partial charge in [-0.1, -0.05) is 36.4 Å². The molecule has 3 nitrogen and oxygen atoms in total. The second-order valence-electron chi connectivity index (χ2n) is 4.30. The number of carbonyl (C=O) groups is 1. The molecule has 0 unspecified atom stereocenters. The van der Waals surface area contributed by atoms with Crippen molar-refractivity contribution in [2.45, 2.75) is 10.6 Å². The molecule has 0 spiro atoms. The lowest BCUT2D eigenvalue weighted by Crippen LogP contribution is -1.98. The summed E-state index contributed by atoms with van der Waals surface area (Å²) in [6, 6.07) is 17.1. The van der Waals surface area contributed by atoms with Crippen molar-refractivity contribution >= 4 is 28.7 Å². The molecule has 0 aliphatic heterocycles. The maximum Gasteiger partial charge on any atom is 0.339 e. The Kier molecular flexibility index (Phi) is 3.48. The van der Waals surface area contributed by atoms with Crippen LogP contribution in [0.2, 0.25) is 0 Å². The van der Waals surface area contributed by atoms with Crippen LogP contribution in [-0.4, -0.2) is 11.1 Å². The fourth-order valence-electron chi connectivity index (χ4n) is 2.10. The number of carboxylic acid groups (broad SMARTS) is 1. The number of aromatic carboxylic acids is 1. The molecular weight excluding hydrogens is 272 g/mol. The molecule has 0 fully saturated rings. The number of fused-ring (bicyclic) bond motifs is 1. The summed E-state index contributed by atoms with van der Waals surface area (Å²) in [6.45, 7) is 0. The third-order valence-electron chi connectivity index (χ3n) is 3.00. The van der Waals surface area contributed by atoms with Gasteiger partial charge >= 0.3 is 5.97 Å². The predicted molar refractivity (Wildman–Crippen MR) is 79.2 cm³/mol. The summed E-state index contributed by atoms with van der Waals surface area (Å²) in [4.78, 5) is 12.5. The fraction of sp³-hybridized carbons (Fsp3) is 0.0625. The van der Waals surface area contributed by atoms with Crippen molar-refractivity contribution in [2.75, 3.05) is 0 Å². The first-order valence-corrected chi connectivity index (χ1v) is 7.16. The van der Waals surface area contributed by atoms with Crippen LogP contribution in [0.4, 0.5) is 0 Å². The number of para-hydroxylation sites is 1. The number of hydrogen-bond acceptors (Lipinski definition) is 3. The molecule has 0 amide bonds. The second kappa shape index (κ2) is 5.43. The van der Waals surface area contributed by atoms with Gasteiger partial charge in [-0.2, -0.15) is 0 Å². The minimum atomic E-state index is -0.946. The van der Waals surface area contributed by atoms with Gasteiger partial charge in [0.1, 0.15) is 16.9 Å². The summed E-state index contributed by atoms with van der Waals surface area (Å²) in [5, 5.41) is 10.0. The zero-order chi connectivity index (χ0) is 13.9. The van der Waals surface area contributed by atoms with E-state index in [0.717, 1.165) is 4.90 Å². The van der Waals surface area contributed by atoms with Crippen molar-refractivity contribution in [1.82, 2.24) is 0 Å². The van der Waals surface area contributed by atoms with Gasteiger partial charge in [0.05, 0.1) is 5.75 Å². The average molecular weight is 284 g/mol. The van der Waals surface area contributed by atoms with Gasteiger partial charge < -0.3 is 9.52 Å². The van der Waals surface area contributed by atoms with Gasteiger partial charge in [0.2, 0.25) is 0 Å². The van der Waals surface area contributed by atoms with E-state index in [1.807, 2.05) is 42.5 Å². The van der Waals surface area contributed by atoms with Gasteiger partial charge in [0.15, 0.2) is 0 Å². The Labute approximate surface area is 120 Å². The average Bonchev–Trinajstić information content (AvgIpc) is 2.84. The standard InChI is InChI=1S/C16H12O3S/c17-16(18)15-12-8-4-5-9-13(12)19-14(15)10-20-11-6-2-1-3-7-11/h1-9H,10H2,(H,17,18). The number of rotatable bonds is 4. The monoisotopic (exact) mass is 284 g/mol. The highest BCUT2D eigenvalue weighted by molar-refractivity contribution is 7.98. The Morgan fingerprint density at radius 1 is 1.05 bits per heavy atom. The third kappa shape index (κ3) is 2.42. The lowest BCUT2D eigenvalue weighted by Gasteiger charge is -2.00. The maximum absolute atomic E-state index is 11.4. The molecule has 4 heteroatoms. The summed E-state index contributed by atoms with van der Waals surface area (Å²) < 4.78 is 5.68. The molecule has 1 aromatic heterocycles. The van der Waals surface area contributed by atoms with Gasteiger partial charge in [0.25, 0.3) is 0 Å². The van der Waals surface area contributed by atoms with Crippen LogP contribution in [0.15, 0.2) is 63.9 Å². The van der Waals surface area contributed by atoms with Gasteiger partial charge in [-0.05, 0) is 18.2 Å². The molecule has 0 aliphatic rings. The summed E-state index contributed by atoms with van der Waals surface area (Å²) in [5.74, 6) is 0.0616. The Morgan fingerprint density at radius 3 is 2.50 bits per heavy atom. The number of furan rings is 1. The van der Waals surface area contributed by atoms with Crippen molar-refractivity contribution in [2.24, 2.45) is 0 Å². The number of thioether (sulfide) groups is 1. The molecule has 100 valence electrons. The Bertz CT molecular complexity index is 747. The van der Waals surface area contributed by atoms with Gasteiger partial charge in [-0.15, -0.1) is 11.8 Å². The molecule has 0 radical (unpaired) electrons. The van der Waals surface area contributed by atoms with E-state index in [2.05, 4.69) is 0 Å². The van der Waals surface area contributed by atoms with E-state index in [-0.39, 0.29) is 5.56 Å². The number of benzene rings is 2. The fourth-order valence-corrected chi connectivity index (χ4v) is 2.95. The van der Waals surface area contributed by atoms with E-state index >= 15 is 0 Å². The van der Waals surface area contributed by atoms with Gasteiger partial charge in [-0.3, -0.25) is 0 Å². The zero-order valence-electron chi connectivity index (χ0n) is 10.6. The van der Waals surface area contributed by atoms with Crippen LogP contribution in [0.1, 0.15) is 16.1 Å². The van der Waals surface area contributed by atoms with Crippen LogP contribution in [-0.2, 0) is 5.75 Å². The Balaban J connectivity index is 1.95. The number of hydrogen-bond donors (Lipinski definition) is 1. The van der Waals surface area contributed by atoms with Crippen molar-refractivity contribution in [1.29, 1.82) is 0 Å². The molecule has 0 atom stereocenters. The first-order valence-electron chi connectivity index (χ1n) is 6.17. The lowest BCUT2D eigenvalue weighted by atomic mass is 10.1. The lowest BCUT2D eigenvalue weighted by molar-refractivity contribution is 0.0697. The van der Waals surface area contributed by atoms with Crippen molar-refractivity contribution in [3.63, 3.8) is 0 Å². The molecule has 20 heavy (non-hydrogen) atoms. The van der Waals surface area contributed by atoms with Crippen LogP contribution in [0.25, 0.3) is 11.0 Å². The van der Waals surface area contributed by atoms with E-state index in [0.29, 0.717) is 22.5 Å². The molecule has 1 N–H and O–H groups in total. The summed E-state index contributed by atoms with van der Waals surface area (Å²) in [6.07, 6.45) is 0. The maximum atomic E-state index is 11.4. The molecule has 0 bridgehead atoms. The molecule has 0 saturated heterocycles. The molecule has 2 aromatic carbocycles. The number of carboxylic acids is 1. The largest absolute Gasteiger partial charge is 0.478 e. The highest BCUT2D eigenvalue weighted by atomic mass is 32.2. The van der Waals surface area contributed by atoms with E-state index < -0.39 is 5.97 Å². The summed E-state index contributed by atoms with van der Waals surface area (Å²) >= 11 is 1.56. The minimum Gasteiger partial charge on any atom is -0.478 e. The van der Waals surface area contributed by atoms with Crippen LogP contribution in [0.3, 0.4) is 0 Å². The van der Waals surface area contributed by atoms with Crippen molar-refractivity contribution in [3.05, 3.63) is 65.9 Å². The zero-order valence-corrected chi connectivity index (χ0v) is 11.4. The van der Waals surface area contributed by atoms with Gasteiger partial charge in [-0.25, -0.2) is 4.79 Å². The molecule has 3 rings (SSSR count). The van der Waals surface area contributed by atoms with Crippen LogP contribution in [0.5, 0.6) is 0 Å². The molecule has 0 saturated carbocycles. The van der Waals surface area contributed by atoms with Gasteiger partial charge in [0, 0.05) is 10.3 Å². The minimum absolute atomic E-state index is 0.268. The third-order valence-corrected chi connectivity index (χ3v) is 4.01. The summed E-state index contributed by atoms with van der Waals surface area (Å²) in [7, 11) is 0. The second-order valence-corrected chi connectivity index (χ2v) is 5.35. The highest BCUT2D eigenvalue weighted by Crippen LogP contribution is 2.31. The van der Waals surface area contributed by atoms with Crippen LogP contribution < -0.4 is 0 Å². The van der Waals surface area contributed by atoms with E-state index in [9.17, 15) is 9.90 Å². The summed E-state index contributed by atoms with van der Waals surface area (Å²) in [5.41, 5.74) is 0.887. The Morgan fingerprint density at radius 2 is 1.75 bits per heavy atom. The first-order chi connectivity index (χ1) is 9.75. The molecule has 1 heterocycles. The quantitative estimate of drug-likeness (QED) is 0.720. The highest BCUT2D eigenvalue weighted by Gasteiger charge is 2.19. The molecule has 0 aliphatic carbocycles. The first kappa shape index (κ1) is 12.8. The SMILES string of the molecule is O=C(O)c1c(CSc2ccccc2)oc2ccccc12. The van der Waals surface area contributed by atoms with Crippen LogP contribution in [0, 0.1) is 0 Å².